The van der Waals surface area contributed by atoms with Gasteiger partial charge in [-0.25, -0.2) is 0 Å². The molecule has 0 amide bonds. The molecule has 0 radical (unpaired) electrons. The van der Waals surface area contributed by atoms with Crippen molar-refractivity contribution in [3.05, 3.63) is 30.0 Å². The van der Waals surface area contributed by atoms with Gasteiger partial charge in [0.15, 0.2) is 5.82 Å². The molecule has 0 bridgehead atoms. The number of aryl methyl sites for hydroxylation is 1. The lowest BCUT2D eigenvalue weighted by atomic mass is 10.3. The molecule has 1 N–H and O–H groups in total. The number of nitrogens with zero attached hydrogens (tertiary/aromatic N) is 2. The maximum absolute atomic E-state index is 4.90. The van der Waals surface area contributed by atoms with E-state index in [1.54, 1.807) is 19.5 Å². The topological polar surface area (TPSA) is 64.1 Å². The van der Waals surface area contributed by atoms with E-state index in [4.69, 9.17) is 8.94 Å². The van der Waals surface area contributed by atoms with Crippen LogP contribution in [0.4, 0.5) is 6.01 Å². The zero-order chi connectivity index (χ0) is 9.10. The van der Waals surface area contributed by atoms with E-state index in [9.17, 15) is 0 Å². The second-order valence-corrected chi connectivity index (χ2v) is 2.63. The Hall–Kier alpha value is -1.78. The molecule has 68 valence electrons. The SMILES string of the molecule is Cc1noc(NCc2ccoc2)n1. The molecular weight excluding hydrogens is 170 g/mol. The fourth-order valence-corrected chi connectivity index (χ4v) is 0.940. The Morgan fingerprint density at radius 2 is 2.46 bits per heavy atom. The molecule has 2 aromatic rings. The normalized spacial score (nSPS) is 10.2. The summed E-state index contributed by atoms with van der Waals surface area (Å²) in [5, 5.41) is 6.61. The van der Waals surface area contributed by atoms with E-state index in [0.717, 1.165) is 5.56 Å². The van der Waals surface area contributed by atoms with E-state index < -0.39 is 0 Å². The summed E-state index contributed by atoms with van der Waals surface area (Å²) in [5.41, 5.74) is 1.04. The monoisotopic (exact) mass is 179 g/mol. The van der Waals surface area contributed by atoms with Gasteiger partial charge in [-0.15, -0.1) is 0 Å². The predicted molar refractivity (Wildman–Crippen MR) is 45.1 cm³/mol. The largest absolute Gasteiger partial charge is 0.472 e. The summed E-state index contributed by atoms with van der Waals surface area (Å²) < 4.78 is 9.76. The number of rotatable bonds is 3. The summed E-state index contributed by atoms with van der Waals surface area (Å²) in [7, 11) is 0. The molecule has 13 heavy (non-hydrogen) atoms. The summed E-state index contributed by atoms with van der Waals surface area (Å²) >= 11 is 0. The number of aromatic nitrogens is 2. The summed E-state index contributed by atoms with van der Waals surface area (Å²) in [5.74, 6) is 0.620. The fraction of sp³-hybridized carbons (Fsp3) is 0.250. The van der Waals surface area contributed by atoms with Crippen LogP contribution in [0.25, 0.3) is 0 Å². The number of anilines is 1. The first-order valence-corrected chi connectivity index (χ1v) is 3.90. The Labute approximate surface area is 74.7 Å². The lowest BCUT2D eigenvalue weighted by molar-refractivity contribution is 0.425. The molecule has 2 heterocycles. The number of furan rings is 1. The van der Waals surface area contributed by atoms with Crippen molar-refractivity contribution in [3.63, 3.8) is 0 Å². The van der Waals surface area contributed by atoms with Gasteiger partial charge >= 0.3 is 6.01 Å². The third kappa shape index (κ3) is 1.87. The minimum atomic E-state index is 0.429. The van der Waals surface area contributed by atoms with Gasteiger partial charge < -0.3 is 14.3 Å². The molecule has 0 aliphatic carbocycles. The van der Waals surface area contributed by atoms with Gasteiger partial charge in [0.05, 0.1) is 12.5 Å². The van der Waals surface area contributed by atoms with Crippen molar-refractivity contribution in [1.29, 1.82) is 0 Å². The fourth-order valence-electron chi connectivity index (χ4n) is 0.940. The van der Waals surface area contributed by atoms with Crippen LogP contribution in [0.3, 0.4) is 0 Å². The van der Waals surface area contributed by atoms with Gasteiger partial charge in [0, 0.05) is 12.1 Å². The minimum absolute atomic E-state index is 0.429. The van der Waals surface area contributed by atoms with Crippen LogP contribution in [-0.2, 0) is 6.54 Å². The van der Waals surface area contributed by atoms with E-state index in [1.165, 1.54) is 0 Å². The molecule has 0 saturated heterocycles. The van der Waals surface area contributed by atoms with Crippen LogP contribution in [0.5, 0.6) is 0 Å². The number of hydrogen-bond donors (Lipinski definition) is 1. The van der Waals surface area contributed by atoms with Crippen molar-refractivity contribution in [2.75, 3.05) is 5.32 Å². The van der Waals surface area contributed by atoms with Gasteiger partial charge in [0.25, 0.3) is 0 Å². The van der Waals surface area contributed by atoms with Crippen molar-refractivity contribution < 1.29 is 8.94 Å². The Bertz CT molecular complexity index is 366. The summed E-state index contributed by atoms with van der Waals surface area (Å²) in [4.78, 5) is 3.99. The Morgan fingerprint density at radius 3 is 3.08 bits per heavy atom. The zero-order valence-corrected chi connectivity index (χ0v) is 7.15. The highest BCUT2D eigenvalue weighted by molar-refractivity contribution is 5.21. The van der Waals surface area contributed by atoms with Gasteiger partial charge in [0.2, 0.25) is 0 Å². The first kappa shape index (κ1) is 7.85. The molecule has 0 saturated carbocycles. The van der Waals surface area contributed by atoms with E-state index in [1.807, 2.05) is 6.07 Å². The third-order valence-corrected chi connectivity index (χ3v) is 1.55. The van der Waals surface area contributed by atoms with Crippen molar-refractivity contribution in [1.82, 2.24) is 10.1 Å². The molecule has 5 nitrogen and oxygen atoms in total. The third-order valence-electron chi connectivity index (χ3n) is 1.55. The molecule has 0 unspecified atom stereocenters. The van der Waals surface area contributed by atoms with Crippen molar-refractivity contribution in [3.8, 4) is 0 Å². The number of nitrogens with one attached hydrogen (secondary N) is 1. The van der Waals surface area contributed by atoms with Crippen LogP contribution >= 0.6 is 0 Å². The standard InChI is InChI=1S/C8H9N3O2/c1-6-10-8(13-11-6)9-4-7-2-3-12-5-7/h2-3,5H,4H2,1H3,(H,9,10,11). The molecule has 5 heteroatoms. The molecule has 2 aromatic heterocycles. The van der Waals surface area contributed by atoms with E-state index in [0.29, 0.717) is 18.4 Å². The summed E-state index contributed by atoms with van der Waals surface area (Å²) in [6.07, 6.45) is 3.28. The second-order valence-electron chi connectivity index (χ2n) is 2.63. The number of hydrogen-bond acceptors (Lipinski definition) is 5. The molecule has 0 atom stereocenters. The van der Waals surface area contributed by atoms with Crippen molar-refractivity contribution in [2.24, 2.45) is 0 Å². The average Bonchev–Trinajstić information content (AvgIpc) is 2.71. The highest BCUT2D eigenvalue weighted by Crippen LogP contribution is 2.06. The molecular formula is C8H9N3O2. The van der Waals surface area contributed by atoms with Crippen LogP contribution < -0.4 is 5.32 Å². The van der Waals surface area contributed by atoms with Crippen LogP contribution in [0.15, 0.2) is 27.5 Å². The second kappa shape index (κ2) is 3.30. The Morgan fingerprint density at radius 1 is 1.54 bits per heavy atom. The van der Waals surface area contributed by atoms with Crippen molar-refractivity contribution >= 4 is 6.01 Å². The molecule has 2 rings (SSSR count). The highest BCUT2D eigenvalue weighted by Gasteiger charge is 2.01. The lowest BCUT2D eigenvalue weighted by Gasteiger charge is -1.95. The van der Waals surface area contributed by atoms with E-state index in [2.05, 4.69) is 15.5 Å². The highest BCUT2D eigenvalue weighted by atomic mass is 16.5. The molecule has 0 aliphatic heterocycles. The smallest absolute Gasteiger partial charge is 0.321 e. The molecule has 0 fully saturated rings. The molecule has 0 spiro atoms. The van der Waals surface area contributed by atoms with E-state index >= 15 is 0 Å². The van der Waals surface area contributed by atoms with Crippen LogP contribution in [0.1, 0.15) is 11.4 Å². The maximum atomic E-state index is 4.90. The predicted octanol–water partition coefficient (Wildman–Crippen LogP) is 1.58. The Balaban J connectivity index is 1.93. The van der Waals surface area contributed by atoms with Crippen LogP contribution in [0, 0.1) is 6.92 Å². The van der Waals surface area contributed by atoms with Gasteiger partial charge in [0.1, 0.15) is 0 Å². The van der Waals surface area contributed by atoms with E-state index in [-0.39, 0.29) is 0 Å². The van der Waals surface area contributed by atoms with Crippen LogP contribution in [0.2, 0.25) is 0 Å². The molecule has 0 aliphatic rings. The maximum Gasteiger partial charge on any atom is 0.321 e. The van der Waals surface area contributed by atoms with Crippen LogP contribution in [-0.4, -0.2) is 10.1 Å². The summed E-state index contributed by atoms with van der Waals surface area (Å²) in [6.45, 7) is 2.39. The average molecular weight is 179 g/mol. The van der Waals surface area contributed by atoms with Gasteiger partial charge in [-0.1, -0.05) is 5.16 Å². The van der Waals surface area contributed by atoms with Crippen molar-refractivity contribution in [2.45, 2.75) is 13.5 Å². The summed E-state index contributed by atoms with van der Waals surface area (Å²) in [6, 6.07) is 2.30. The first-order chi connectivity index (χ1) is 6.34. The lowest BCUT2D eigenvalue weighted by Crippen LogP contribution is -1.97. The van der Waals surface area contributed by atoms with Gasteiger partial charge in [-0.05, 0) is 13.0 Å². The Kier molecular flexibility index (Phi) is 1.99. The zero-order valence-electron chi connectivity index (χ0n) is 7.15. The minimum Gasteiger partial charge on any atom is -0.472 e. The quantitative estimate of drug-likeness (QED) is 0.774. The molecule has 0 aromatic carbocycles. The van der Waals surface area contributed by atoms with Gasteiger partial charge in [-0.3, -0.25) is 0 Å². The first-order valence-electron chi connectivity index (χ1n) is 3.90. The van der Waals surface area contributed by atoms with Gasteiger partial charge in [-0.2, -0.15) is 4.98 Å².